The molecule has 2 aromatic carbocycles. The van der Waals surface area contributed by atoms with Gasteiger partial charge in [0.15, 0.2) is 0 Å². The first kappa shape index (κ1) is 14.1. The number of benzene rings is 2. The Labute approximate surface area is 133 Å². The van der Waals surface area contributed by atoms with E-state index in [0.29, 0.717) is 11.5 Å². The van der Waals surface area contributed by atoms with Gasteiger partial charge in [0, 0.05) is 4.47 Å². The van der Waals surface area contributed by atoms with E-state index in [1.807, 2.05) is 24.3 Å². The van der Waals surface area contributed by atoms with E-state index >= 15 is 0 Å². The van der Waals surface area contributed by atoms with Crippen LogP contribution in [0.15, 0.2) is 40.9 Å². The van der Waals surface area contributed by atoms with Gasteiger partial charge in [-0.05, 0) is 30.3 Å². The molecule has 0 radical (unpaired) electrons. The van der Waals surface area contributed by atoms with Crippen LogP contribution in [0.2, 0.25) is 0 Å². The monoisotopic (exact) mass is 363 g/mol. The SMILES string of the molecule is N#Cc1c(F)cccc1-n1c(CCl)nc2cc(Br)ccc21. The fourth-order valence-electron chi connectivity index (χ4n) is 2.27. The fraction of sp³-hybridized carbons (Fsp3) is 0.0667. The third kappa shape index (κ3) is 2.31. The van der Waals surface area contributed by atoms with Crippen molar-refractivity contribution in [2.24, 2.45) is 0 Å². The number of halogens is 3. The lowest BCUT2D eigenvalue weighted by atomic mass is 10.1. The average molecular weight is 365 g/mol. The number of hydrogen-bond donors (Lipinski definition) is 0. The van der Waals surface area contributed by atoms with Crippen LogP contribution in [0.1, 0.15) is 11.4 Å². The number of alkyl halides is 1. The van der Waals surface area contributed by atoms with E-state index in [1.165, 1.54) is 6.07 Å². The first-order valence-electron chi connectivity index (χ1n) is 6.07. The Hall–Kier alpha value is -1.90. The van der Waals surface area contributed by atoms with E-state index in [0.717, 1.165) is 15.5 Å². The number of nitrogens with zero attached hydrogens (tertiary/aromatic N) is 3. The van der Waals surface area contributed by atoms with Gasteiger partial charge in [0.25, 0.3) is 0 Å². The van der Waals surface area contributed by atoms with Crippen LogP contribution < -0.4 is 0 Å². The molecule has 0 spiro atoms. The first-order valence-corrected chi connectivity index (χ1v) is 7.40. The number of aromatic nitrogens is 2. The number of nitriles is 1. The number of fused-ring (bicyclic) bond motifs is 1. The lowest BCUT2D eigenvalue weighted by molar-refractivity contribution is 0.622. The maximum atomic E-state index is 13.8. The Morgan fingerprint density at radius 3 is 2.86 bits per heavy atom. The van der Waals surface area contributed by atoms with Gasteiger partial charge in [-0.1, -0.05) is 22.0 Å². The molecule has 1 aromatic heterocycles. The van der Waals surface area contributed by atoms with Crippen molar-refractivity contribution in [2.75, 3.05) is 0 Å². The average Bonchev–Trinajstić information content (AvgIpc) is 2.84. The summed E-state index contributed by atoms with van der Waals surface area (Å²) in [6.07, 6.45) is 0. The molecule has 104 valence electrons. The lowest BCUT2D eigenvalue weighted by Gasteiger charge is -2.10. The molecule has 0 saturated carbocycles. The zero-order valence-electron chi connectivity index (χ0n) is 10.6. The third-order valence-electron chi connectivity index (χ3n) is 3.15. The number of rotatable bonds is 2. The standard InChI is InChI=1S/C15H8BrClFN3/c16-9-4-5-14-12(6-9)20-15(7-17)21(14)13-3-1-2-11(18)10(13)8-19/h1-6H,7H2. The van der Waals surface area contributed by atoms with Crippen LogP contribution in [0.3, 0.4) is 0 Å². The molecule has 6 heteroatoms. The summed E-state index contributed by atoms with van der Waals surface area (Å²) in [5, 5.41) is 9.21. The van der Waals surface area contributed by atoms with Gasteiger partial charge in [0.1, 0.15) is 23.3 Å². The predicted octanol–water partition coefficient (Wildman–Crippen LogP) is 4.54. The molecular weight excluding hydrogens is 357 g/mol. The molecule has 0 aliphatic heterocycles. The van der Waals surface area contributed by atoms with Crippen LogP contribution in [0.25, 0.3) is 16.7 Å². The van der Waals surface area contributed by atoms with Crippen molar-refractivity contribution >= 4 is 38.6 Å². The van der Waals surface area contributed by atoms with Gasteiger partial charge >= 0.3 is 0 Å². The summed E-state index contributed by atoms with van der Waals surface area (Å²) in [7, 11) is 0. The van der Waals surface area contributed by atoms with Gasteiger partial charge in [-0.2, -0.15) is 5.26 Å². The van der Waals surface area contributed by atoms with Gasteiger partial charge in [-0.25, -0.2) is 9.37 Å². The number of imidazole rings is 1. The molecule has 0 aliphatic rings. The highest BCUT2D eigenvalue weighted by molar-refractivity contribution is 9.10. The summed E-state index contributed by atoms with van der Waals surface area (Å²) in [5.41, 5.74) is 1.92. The van der Waals surface area contributed by atoms with E-state index in [-0.39, 0.29) is 11.4 Å². The van der Waals surface area contributed by atoms with Crippen LogP contribution in [0.4, 0.5) is 4.39 Å². The Morgan fingerprint density at radius 2 is 2.14 bits per heavy atom. The normalized spacial score (nSPS) is 10.8. The molecule has 1 heterocycles. The van der Waals surface area contributed by atoms with Crippen LogP contribution in [-0.2, 0) is 5.88 Å². The summed E-state index contributed by atoms with van der Waals surface area (Å²) >= 11 is 9.35. The van der Waals surface area contributed by atoms with E-state index < -0.39 is 5.82 Å². The highest BCUT2D eigenvalue weighted by Crippen LogP contribution is 2.27. The maximum Gasteiger partial charge on any atom is 0.143 e. The van der Waals surface area contributed by atoms with Crippen LogP contribution in [0, 0.1) is 17.1 Å². The summed E-state index contributed by atoms with van der Waals surface area (Å²) in [5.74, 6) is 0.162. The summed E-state index contributed by atoms with van der Waals surface area (Å²) in [6, 6.07) is 12.0. The predicted molar refractivity (Wildman–Crippen MR) is 83.0 cm³/mol. The number of hydrogen-bond acceptors (Lipinski definition) is 2. The molecule has 3 nitrogen and oxygen atoms in total. The van der Waals surface area contributed by atoms with Crippen molar-refractivity contribution < 1.29 is 4.39 Å². The highest BCUT2D eigenvalue weighted by Gasteiger charge is 2.16. The van der Waals surface area contributed by atoms with E-state index in [4.69, 9.17) is 11.6 Å². The summed E-state index contributed by atoms with van der Waals surface area (Å²) in [4.78, 5) is 4.44. The second kappa shape index (κ2) is 5.47. The Kier molecular flexibility index (Phi) is 3.66. The van der Waals surface area contributed by atoms with E-state index in [1.54, 1.807) is 16.7 Å². The zero-order valence-corrected chi connectivity index (χ0v) is 13.0. The van der Waals surface area contributed by atoms with Crippen molar-refractivity contribution in [1.29, 1.82) is 5.26 Å². The van der Waals surface area contributed by atoms with Crippen molar-refractivity contribution in [3.05, 3.63) is 58.1 Å². The van der Waals surface area contributed by atoms with Gasteiger partial charge in [-0.15, -0.1) is 11.6 Å². The highest BCUT2D eigenvalue weighted by atomic mass is 79.9. The lowest BCUT2D eigenvalue weighted by Crippen LogP contribution is -2.03. The van der Waals surface area contributed by atoms with Gasteiger partial charge in [-0.3, -0.25) is 4.57 Å². The molecule has 0 unspecified atom stereocenters. The smallest absolute Gasteiger partial charge is 0.143 e. The van der Waals surface area contributed by atoms with Crippen molar-refractivity contribution in [1.82, 2.24) is 9.55 Å². The molecule has 0 N–H and O–H groups in total. The minimum Gasteiger partial charge on any atom is -0.294 e. The quantitative estimate of drug-likeness (QED) is 0.627. The molecule has 0 fully saturated rings. The van der Waals surface area contributed by atoms with Crippen LogP contribution in [-0.4, -0.2) is 9.55 Å². The molecule has 0 atom stereocenters. The first-order chi connectivity index (χ1) is 10.2. The molecule has 3 aromatic rings. The van der Waals surface area contributed by atoms with E-state index in [2.05, 4.69) is 20.9 Å². The third-order valence-corrected chi connectivity index (χ3v) is 3.88. The molecule has 21 heavy (non-hydrogen) atoms. The Bertz CT molecular complexity index is 882. The van der Waals surface area contributed by atoms with Crippen molar-refractivity contribution in [2.45, 2.75) is 5.88 Å². The van der Waals surface area contributed by atoms with Crippen LogP contribution in [0.5, 0.6) is 0 Å². The van der Waals surface area contributed by atoms with Gasteiger partial charge in [0.2, 0.25) is 0 Å². The Morgan fingerprint density at radius 1 is 1.33 bits per heavy atom. The summed E-state index contributed by atoms with van der Waals surface area (Å²) < 4.78 is 16.5. The Balaban J connectivity index is 2.40. The second-order valence-electron chi connectivity index (χ2n) is 4.38. The molecule has 0 amide bonds. The fourth-order valence-corrected chi connectivity index (χ4v) is 2.80. The summed E-state index contributed by atoms with van der Waals surface area (Å²) in [6.45, 7) is 0. The van der Waals surface area contributed by atoms with Crippen LogP contribution >= 0.6 is 27.5 Å². The zero-order chi connectivity index (χ0) is 15.0. The minimum atomic E-state index is -0.561. The van der Waals surface area contributed by atoms with E-state index in [9.17, 15) is 9.65 Å². The second-order valence-corrected chi connectivity index (χ2v) is 5.56. The molecule has 3 rings (SSSR count). The van der Waals surface area contributed by atoms with Gasteiger partial charge in [0.05, 0.1) is 22.6 Å². The molecule has 0 aliphatic carbocycles. The van der Waals surface area contributed by atoms with Crippen molar-refractivity contribution in [3.63, 3.8) is 0 Å². The molecule has 0 saturated heterocycles. The molecule has 0 bridgehead atoms. The minimum absolute atomic E-state index is 0.0221. The van der Waals surface area contributed by atoms with Gasteiger partial charge < -0.3 is 0 Å². The largest absolute Gasteiger partial charge is 0.294 e. The topological polar surface area (TPSA) is 41.6 Å². The molecular formula is C15H8BrClFN3. The van der Waals surface area contributed by atoms with Crippen molar-refractivity contribution in [3.8, 4) is 11.8 Å². The maximum absolute atomic E-state index is 13.8.